The molecular formula is C15H10F6N6O3. The molecule has 0 amide bonds. The van der Waals surface area contributed by atoms with Crippen LogP contribution in [0.15, 0.2) is 34.3 Å². The van der Waals surface area contributed by atoms with E-state index in [1.165, 1.54) is 0 Å². The lowest BCUT2D eigenvalue weighted by atomic mass is 10.3. The number of nitrogens with zero attached hydrogens (tertiary/aromatic N) is 2. The van der Waals surface area contributed by atoms with Crippen molar-refractivity contribution in [2.75, 3.05) is 0 Å². The number of hydrogen-bond acceptors (Lipinski definition) is 5. The van der Waals surface area contributed by atoms with Gasteiger partial charge in [0.1, 0.15) is 11.4 Å². The Bertz CT molecular complexity index is 953. The Hall–Kier alpha value is -4.17. The van der Waals surface area contributed by atoms with Gasteiger partial charge in [-0.2, -0.15) is 15.8 Å². The summed E-state index contributed by atoms with van der Waals surface area (Å²) in [6, 6.07) is 2.69. The molecule has 0 aliphatic carbocycles. The number of halogens is 6. The van der Waals surface area contributed by atoms with Crippen molar-refractivity contribution in [1.29, 1.82) is 0 Å². The van der Waals surface area contributed by atoms with Crippen molar-refractivity contribution in [3.63, 3.8) is 0 Å². The van der Waals surface area contributed by atoms with Crippen LogP contribution >= 0.6 is 0 Å². The lowest BCUT2D eigenvalue weighted by Gasteiger charge is -2.08. The van der Waals surface area contributed by atoms with Crippen molar-refractivity contribution in [1.82, 2.24) is 11.0 Å². The van der Waals surface area contributed by atoms with Gasteiger partial charge in [-0.3, -0.25) is 0 Å². The lowest BCUT2D eigenvalue weighted by molar-refractivity contribution is 0.0179. The predicted octanol–water partition coefficient (Wildman–Crippen LogP) is 2.28. The first-order valence-electron chi connectivity index (χ1n) is 7.45. The van der Waals surface area contributed by atoms with Crippen molar-refractivity contribution in [3.8, 4) is 0 Å². The topological polar surface area (TPSA) is 136 Å². The highest BCUT2D eigenvalue weighted by Crippen LogP contribution is 2.22. The molecule has 0 heterocycles. The van der Waals surface area contributed by atoms with Crippen LogP contribution in [-0.4, -0.2) is 18.1 Å². The van der Waals surface area contributed by atoms with E-state index in [4.69, 9.17) is 11.5 Å². The molecule has 0 saturated heterocycles. The van der Waals surface area contributed by atoms with Gasteiger partial charge in [0.2, 0.25) is 11.9 Å². The average Bonchev–Trinajstić information content (AvgIpc) is 2.71. The van der Waals surface area contributed by atoms with Gasteiger partial charge in [0.25, 0.3) is 0 Å². The van der Waals surface area contributed by atoms with Gasteiger partial charge in [0.15, 0.2) is 34.9 Å². The molecule has 2 aromatic carbocycles. The minimum Gasteiger partial charge on any atom is -0.367 e. The number of carbonyl (C=O) groups is 1. The molecule has 0 aromatic heterocycles. The zero-order chi connectivity index (χ0) is 22.4. The van der Waals surface area contributed by atoms with Crippen LogP contribution in [0, 0.1) is 34.9 Å². The summed E-state index contributed by atoms with van der Waals surface area (Å²) in [5, 5.41) is 0. The average molecular weight is 436 g/mol. The van der Waals surface area contributed by atoms with Gasteiger partial charge in [-0.05, 0) is 24.3 Å². The highest BCUT2D eigenvalue weighted by Gasteiger charge is 2.15. The van der Waals surface area contributed by atoms with Crippen LogP contribution in [0.25, 0.3) is 0 Å². The standard InChI is InChI=1S/C15H10F6N6O3/c16-5-1-3-7(11(20)9(5)18)24-13(22)26-29-15(28)30-27-14(23)25-8-4-2-6(17)10(19)12(8)21/h1-4H,(H3,22,24,26)(H3,23,25,27). The summed E-state index contributed by atoms with van der Waals surface area (Å²) in [5.74, 6) is -11.3. The third-order valence-corrected chi connectivity index (χ3v) is 2.99. The summed E-state index contributed by atoms with van der Waals surface area (Å²) in [4.78, 5) is 26.4. The maximum atomic E-state index is 13.4. The Kier molecular flexibility index (Phi) is 6.90. The number of carbonyl (C=O) groups excluding carboxylic acids is 1. The van der Waals surface area contributed by atoms with Gasteiger partial charge >= 0.3 is 6.16 Å². The molecule has 0 atom stereocenters. The third kappa shape index (κ3) is 5.43. The van der Waals surface area contributed by atoms with E-state index in [1.807, 2.05) is 0 Å². The molecule has 2 aromatic rings. The summed E-state index contributed by atoms with van der Waals surface area (Å²) in [7, 11) is 0. The molecule has 6 N–H and O–H groups in total. The fourth-order valence-electron chi connectivity index (χ4n) is 1.72. The molecule has 0 radical (unpaired) electrons. The van der Waals surface area contributed by atoms with Gasteiger partial charge in [-0.1, -0.05) is 0 Å². The maximum absolute atomic E-state index is 13.4. The first kappa shape index (κ1) is 22.1. The molecular weight excluding hydrogens is 426 g/mol. The summed E-state index contributed by atoms with van der Waals surface area (Å²) in [5.41, 5.74) is 12.5. The molecule has 9 nitrogen and oxygen atoms in total. The Labute approximate surface area is 162 Å². The second kappa shape index (κ2) is 9.35. The number of aliphatic imine (C=N–C) groups is 2. The normalized spacial score (nSPS) is 11.8. The van der Waals surface area contributed by atoms with E-state index in [1.54, 1.807) is 11.0 Å². The zero-order valence-electron chi connectivity index (χ0n) is 14.4. The molecule has 0 spiro atoms. The second-order valence-corrected chi connectivity index (χ2v) is 5.04. The Morgan fingerprint density at radius 1 is 0.700 bits per heavy atom. The Morgan fingerprint density at radius 2 is 1.07 bits per heavy atom. The van der Waals surface area contributed by atoms with Crippen LogP contribution in [-0.2, 0) is 9.68 Å². The third-order valence-electron chi connectivity index (χ3n) is 2.99. The van der Waals surface area contributed by atoms with Gasteiger partial charge in [-0.15, -0.1) is 0 Å². The van der Waals surface area contributed by atoms with Crippen molar-refractivity contribution in [2.24, 2.45) is 21.5 Å². The molecule has 30 heavy (non-hydrogen) atoms. The molecule has 0 unspecified atom stereocenters. The molecule has 160 valence electrons. The number of hydrogen-bond donors (Lipinski definition) is 4. The van der Waals surface area contributed by atoms with Crippen molar-refractivity contribution in [3.05, 3.63) is 59.2 Å². The molecule has 2 rings (SSSR count). The van der Waals surface area contributed by atoms with E-state index < -0.39 is 64.4 Å². The first-order chi connectivity index (χ1) is 14.1. The van der Waals surface area contributed by atoms with Crippen LogP contribution < -0.4 is 22.4 Å². The lowest BCUT2D eigenvalue weighted by Crippen LogP contribution is -2.38. The number of guanidine groups is 2. The van der Waals surface area contributed by atoms with Crippen LogP contribution in [0.3, 0.4) is 0 Å². The monoisotopic (exact) mass is 436 g/mol. The number of nitrogens with two attached hydrogens (primary N) is 2. The number of nitrogens with one attached hydrogen (secondary N) is 2. The first-order valence-corrected chi connectivity index (χ1v) is 7.45. The van der Waals surface area contributed by atoms with Crippen LogP contribution in [0.4, 0.5) is 42.5 Å². The van der Waals surface area contributed by atoms with E-state index >= 15 is 0 Å². The van der Waals surface area contributed by atoms with Gasteiger partial charge in [0, 0.05) is 0 Å². The SMILES string of the molecule is NC(=Nc1ccc(F)c(F)c1F)NOC(=O)ONC(N)=Nc1ccc(F)c(F)c1F. The summed E-state index contributed by atoms with van der Waals surface area (Å²) >= 11 is 0. The zero-order valence-corrected chi connectivity index (χ0v) is 14.4. The Morgan fingerprint density at radius 3 is 1.43 bits per heavy atom. The Balaban J connectivity index is 1.90. The maximum Gasteiger partial charge on any atom is 0.558 e. The van der Waals surface area contributed by atoms with E-state index in [0.29, 0.717) is 12.1 Å². The fraction of sp³-hybridized carbons (Fsp3) is 0. The summed E-state index contributed by atoms with van der Waals surface area (Å²) < 4.78 is 78.7. The number of benzene rings is 2. The van der Waals surface area contributed by atoms with E-state index in [-0.39, 0.29) is 0 Å². The molecule has 0 bridgehead atoms. The van der Waals surface area contributed by atoms with Crippen molar-refractivity contribution >= 4 is 29.4 Å². The minimum absolute atomic E-state index is 0.585. The van der Waals surface area contributed by atoms with Gasteiger partial charge in [-0.25, -0.2) is 36.3 Å². The van der Waals surface area contributed by atoms with E-state index in [0.717, 1.165) is 12.1 Å². The van der Waals surface area contributed by atoms with Crippen LogP contribution in [0.2, 0.25) is 0 Å². The van der Waals surface area contributed by atoms with Crippen molar-refractivity contribution in [2.45, 2.75) is 0 Å². The van der Waals surface area contributed by atoms with Crippen LogP contribution in [0.5, 0.6) is 0 Å². The number of hydroxylamine groups is 2. The van der Waals surface area contributed by atoms with Crippen LogP contribution in [0.1, 0.15) is 0 Å². The van der Waals surface area contributed by atoms with Gasteiger partial charge in [0.05, 0.1) is 0 Å². The highest BCUT2D eigenvalue weighted by atomic mass is 19.2. The summed E-state index contributed by atoms with van der Waals surface area (Å²) in [6.45, 7) is 0. The molecule has 0 saturated carbocycles. The smallest absolute Gasteiger partial charge is 0.367 e. The van der Waals surface area contributed by atoms with E-state index in [2.05, 4.69) is 19.7 Å². The minimum atomic E-state index is -1.79. The van der Waals surface area contributed by atoms with Gasteiger partial charge < -0.3 is 21.1 Å². The predicted molar refractivity (Wildman–Crippen MR) is 89.0 cm³/mol. The highest BCUT2D eigenvalue weighted by molar-refractivity contribution is 5.82. The molecule has 0 aliphatic heterocycles. The second-order valence-electron chi connectivity index (χ2n) is 5.04. The molecule has 0 aliphatic rings. The van der Waals surface area contributed by atoms with Crippen molar-refractivity contribution < 1.29 is 40.8 Å². The molecule has 15 heteroatoms. The molecule has 0 fully saturated rings. The summed E-state index contributed by atoms with van der Waals surface area (Å²) in [6.07, 6.45) is -1.57. The van der Waals surface area contributed by atoms with E-state index in [9.17, 15) is 31.1 Å². The largest absolute Gasteiger partial charge is 0.558 e. The quantitative estimate of drug-likeness (QED) is 0.186. The number of rotatable bonds is 2. The fourth-order valence-corrected chi connectivity index (χ4v) is 1.72.